The zero-order valence-electron chi connectivity index (χ0n) is 7.24. The van der Waals surface area contributed by atoms with Crippen LogP contribution < -0.4 is 10.9 Å². The van der Waals surface area contributed by atoms with Gasteiger partial charge in [-0.3, -0.25) is 10.1 Å². The van der Waals surface area contributed by atoms with Gasteiger partial charge in [-0.25, -0.2) is 0 Å². The second kappa shape index (κ2) is 2.94. The number of aromatic nitrogens is 1. The summed E-state index contributed by atoms with van der Waals surface area (Å²) in [4.78, 5) is 13.7. The van der Waals surface area contributed by atoms with Crippen LogP contribution in [0.2, 0.25) is 0 Å². The number of benzene rings is 1. The Balaban J connectivity index is 2.75. The van der Waals surface area contributed by atoms with Gasteiger partial charge in [0.2, 0.25) is 5.56 Å². The maximum Gasteiger partial charge on any atom is 0.248 e. The van der Waals surface area contributed by atoms with Crippen LogP contribution in [0.3, 0.4) is 0 Å². The number of hydrogen-bond donors (Lipinski definition) is 1. The molecule has 1 aromatic carbocycles. The molecule has 0 spiro atoms. The van der Waals surface area contributed by atoms with Crippen LogP contribution in [0.4, 0.5) is 5.69 Å². The van der Waals surface area contributed by atoms with Crippen molar-refractivity contribution in [2.45, 2.75) is 0 Å². The zero-order chi connectivity index (χ0) is 9.26. The molecule has 0 amide bonds. The van der Waals surface area contributed by atoms with Gasteiger partial charge in [-0.2, -0.15) is 0 Å². The van der Waals surface area contributed by atoms with Crippen molar-refractivity contribution < 1.29 is 0 Å². The Bertz CT molecular complexity index is 487. The molecular weight excluding hydrogens is 164 g/mol. The van der Waals surface area contributed by atoms with E-state index in [1.54, 1.807) is 13.1 Å². The molecule has 1 N–H and O–H groups in total. The SMILES string of the molecule is C[N]c1ccc2ccc(=O)[nH]c2c1. The molecule has 1 aromatic heterocycles. The molecule has 65 valence electrons. The molecule has 3 nitrogen and oxygen atoms in total. The third kappa shape index (κ3) is 1.40. The summed E-state index contributed by atoms with van der Waals surface area (Å²) in [6.07, 6.45) is 0. The van der Waals surface area contributed by atoms with E-state index >= 15 is 0 Å². The van der Waals surface area contributed by atoms with E-state index in [0.717, 1.165) is 16.6 Å². The second-order valence-electron chi connectivity index (χ2n) is 2.82. The first-order valence-electron chi connectivity index (χ1n) is 4.02. The summed E-state index contributed by atoms with van der Waals surface area (Å²) in [6, 6.07) is 9.03. The van der Waals surface area contributed by atoms with E-state index in [9.17, 15) is 4.79 Å². The molecule has 0 bridgehead atoms. The fraction of sp³-hybridized carbons (Fsp3) is 0.100. The van der Waals surface area contributed by atoms with Crippen LogP contribution in [0.15, 0.2) is 35.1 Å². The average Bonchev–Trinajstić information content (AvgIpc) is 2.16. The molecule has 0 aliphatic carbocycles. The van der Waals surface area contributed by atoms with Crippen molar-refractivity contribution in [1.82, 2.24) is 10.3 Å². The van der Waals surface area contributed by atoms with Gasteiger partial charge in [0, 0.05) is 13.1 Å². The summed E-state index contributed by atoms with van der Waals surface area (Å²) in [5.74, 6) is 0. The number of nitrogens with zero attached hydrogens (tertiary/aromatic N) is 1. The molecule has 0 fully saturated rings. The van der Waals surface area contributed by atoms with E-state index < -0.39 is 0 Å². The van der Waals surface area contributed by atoms with Crippen molar-refractivity contribution in [1.29, 1.82) is 0 Å². The van der Waals surface area contributed by atoms with E-state index in [-0.39, 0.29) is 5.56 Å². The molecule has 0 unspecified atom stereocenters. The minimum atomic E-state index is -0.0826. The van der Waals surface area contributed by atoms with Crippen LogP contribution in [-0.2, 0) is 0 Å². The largest absolute Gasteiger partial charge is 0.322 e. The predicted octanol–water partition coefficient (Wildman–Crippen LogP) is 1.39. The van der Waals surface area contributed by atoms with Gasteiger partial charge in [0.1, 0.15) is 0 Å². The normalized spacial score (nSPS) is 10.2. The van der Waals surface area contributed by atoms with Gasteiger partial charge < -0.3 is 4.98 Å². The van der Waals surface area contributed by atoms with Gasteiger partial charge in [-0.05, 0) is 23.6 Å². The Labute approximate surface area is 75.4 Å². The highest BCUT2D eigenvalue weighted by Gasteiger charge is 1.95. The quantitative estimate of drug-likeness (QED) is 0.696. The molecule has 2 aromatic rings. The summed E-state index contributed by atoms with van der Waals surface area (Å²) >= 11 is 0. The summed E-state index contributed by atoms with van der Waals surface area (Å²) in [6.45, 7) is 0. The number of aromatic amines is 1. The van der Waals surface area contributed by atoms with Crippen LogP contribution >= 0.6 is 0 Å². The number of hydrogen-bond acceptors (Lipinski definition) is 1. The van der Waals surface area contributed by atoms with Crippen molar-refractivity contribution in [3.05, 3.63) is 40.7 Å². The van der Waals surface area contributed by atoms with Crippen molar-refractivity contribution in [2.24, 2.45) is 0 Å². The van der Waals surface area contributed by atoms with Crippen LogP contribution in [0, 0.1) is 0 Å². The molecule has 3 heteroatoms. The van der Waals surface area contributed by atoms with Gasteiger partial charge in [-0.1, -0.05) is 6.07 Å². The van der Waals surface area contributed by atoms with E-state index in [1.165, 1.54) is 6.07 Å². The molecular formula is C10H9N2O. The lowest BCUT2D eigenvalue weighted by molar-refractivity contribution is 1.09. The molecule has 0 aliphatic heterocycles. The Hall–Kier alpha value is -1.77. The fourth-order valence-corrected chi connectivity index (χ4v) is 1.28. The lowest BCUT2D eigenvalue weighted by Gasteiger charge is -1.99. The first-order valence-corrected chi connectivity index (χ1v) is 4.02. The highest BCUT2D eigenvalue weighted by molar-refractivity contribution is 5.81. The first kappa shape index (κ1) is 7.86. The molecule has 0 saturated carbocycles. The Kier molecular flexibility index (Phi) is 1.77. The van der Waals surface area contributed by atoms with Crippen molar-refractivity contribution in [2.75, 3.05) is 7.05 Å². The van der Waals surface area contributed by atoms with E-state index in [4.69, 9.17) is 0 Å². The molecule has 0 atom stereocenters. The molecule has 1 radical (unpaired) electrons. The number of nitrogens with one attached hydrogen (secondary N) is 1. The molecule has 0 aliphatic rings. The second-order valence-corrected chi connectivity index (χ2v) is 2.82. The summed E-state index contributed by atoms with van der Waals surface area (Å²) in [7, 11) is 1.72. The van der Waals surface area contributed by atoms with E-state index in [1.807, 2.05) is 18.2 Å². The lowest BCUT2D eigenvalue weighted by Crippen LogP contribution is -2.02. The van der Waals surface area contributed by atoms with E-state index in [2.05, 4.69) is 10.3 Å². The predicted molar refractivity (Wildman–Crippen MR) is 52.3 cm³/mol. The van der Waals surface area contributed by atoms with Gasteiger partial charge in [-0.15, -0.1) is 0 Å². The number of H-pyrrole nitrogens is 1. The van der Waals surface area contributed by atoms with Crippen LogP contribution in [0.5, 0.6) is 0 Å². The minimum Gasteiger partial charge on any atom is -0.322 e. The van der Waals surface area contributed by atoms with Crippen molar-refractivity contribution in [3.63, 3.8) is 0 Å². The van der Waals surface area contributed by atoms with Crippen LogP contribution in [0.1, 0.15) is 0 Å². The number of fused-ring (bicyclic) bond motifs is 1. The summed E-state index contributed by atoms with van der Waals surface area (Å²) in [5.41, 5.74) is 1.62. The van der Waals surface area contributed by atoms with Crippen molar-refractivity contribution >= 4 is 16.6 Å². The van der Waals surface area contributed by atoms with Gasteiger partial charge in [0.25, 0.3) is 0 Å². The van der Waals surface area contributed by atoms with Gasteiger partial charge >= 0.3 is 0 Å². The third-order valence-electron chi connectivity index (χ3n) is 1.97. The number of pyridine rings is 1. The lowest BCUT2D eigenvalue weighted by atomic mass is 10.2. The molecule has 13 heavy (non-hydrogen) atoms. The highest BCUT2D eigenvalue weighted by Crippen LogP contribution is 2.14. The number of rotatable bonds is 1. The summed E-state index contributed by atoms with van der Waals surface area (Å²) < 4.78 is 0. The Morgan fingerprint density at radius 2 is 2.00 bits per heavy atom. The van der Waals surface area contributed by atoms with Gasteiger partial charge in [0.15, 0.2) is 0 Å². The standard InChI is InChI=1S/C10H9N2O/c1-11-8-4-2-7-3-5-10(13)12-9(7)6-8/h2-6H,1H3,(H,12,13). The highest BCUT2D eigenvalue weighted by atomic mass is 16.1. The Morgan fingerprint density at radius 1 is 1.23 bits per heavy atom. The third-order valence-corrected chi connectivity index (χ3v) is 1.97. The molecule has 1 heterocycles. The smallest absolute Gasteiger partial charge is 0.248 e. The van der Waals surface area contributed by atoms with Crippen molar-refractivity contribution in [3.8, 4) is 0 Å². The van der Waals surface area contributed by atoms with E-state index in [0.29, 0.717) is 0 Å². The molecule has 0 saturated heterocycles. The minimum absolute atomic E-state index is 0.0826. The Morgan fingerprint density at radius 3 is 2.77 bits per heavy atom. The fourth-order valence-electron chi connectivity index (χ4n) is 1.28. The van der Waals surface area contributed by atoms with Gasteiger partial charge in [0.05, 0.1) is 11.2 Å². The monoisotopic (exact) mass is 173 g/mol. The topological polar surface area (TPSA) is 47.0 Å². The van der Waals surface area contributed by atoms with Crippen LogP contribution in [-0.4, -0.2) is 12.0 Å². The average molecular weight is 173 g/mol. The van der Waals surface area contributed by atoms with Crippen LogP contribution in [0.25, 0.3) is 10.9 Å². The zero-order valence-corrected chi connectivity index (χ0v) is 7.24. The molecule has 2 rings (SSSR count). The maximum atomic E-state index is 11.0. The maximum absolute atomic E-state index is 11.0. The first-order chi connectivity index (χ1) is 6.29. The summed E-state index contributed by atoms with van der Waals surface area (Å²) in [5, 5.41) is 5.05.